The van der Waals surface area contributed by atoms with E-state index >= 15 is 0 Å². The fourth-order valence-electron chi connectivity index (χ4n) is 5.07. The molecule has 12 nitrogen and oxygen atoms in total. The van der Waals surface area contributed by atoms with Crippen LogP contribution in [0.2, 0.25) is 0 Å². The van der Waals surface area contributed by atoms with Gasteiger partial charge in [-0.15, -0.1) is 0 Å². The van der Waals surface area contributed by atoms with Crippen molar-refractivity contribution in [2.75, 3.05) is 38.7 Å². The van der Waals surface area contributed by atoms with Crippen molar-refractivity contribution in [3.8, 4) is 28.2 Å². The molecule has 1 aliphatic heterocycles. The summed E-state index contributed by atoms with van der Waals surface area (Å²) in [4.78, 5) is -0.689. The average molecular weight is 642 g/mol. The van der Waals surface area contributed by atoms with Crippen LogP contribution in [0.4, 0.5) is 11.4 Å². The molecule has 0 aromatic heterocycles. The van der Waals surface area contributed by atoms with Crippen molar-refractivity contribution in [1.29, 1.82) is 0 Å². The van der Waals surface area contributed by atoms with Crippen molar-refractivity contribution in [3.05, 3.63) is 84.2 Å². The predicted octanol–water partition coefficient (Wildman–Crippen LogP) is 3.21. The van der Waals surface area contributed by atoms with Gasteiger partial charge in [0, 0.05) is 46.0 Å². The molecule has 0 unspecified atom stereocenters. The normalized spacial score (nSPS) is 12.0. The van der Waals surface area contributed by atoms with Gasteiger partial charge in [-0.1, -0.05) is 18.2 Å². The van der Waals surface area contributed by atoms with Crippen molar-refractivity contribution in [2.24, 2.45) is 0 Å². The molecule has 1 heterocycles. The molecular formula is C30H29N2O10S2+. The molecule has 0 atom stereocenters. The van der Waals surface area contributed by atoms with E-state index in [1.54, 1.807) is 53.1 Å². The summed E-state index contributed by atoms with van der Waals surface area (Å²) in [6, 6.07) is 20.0. The standard InChI is InChI=1S/C30H28N2O10S2/c1-41-21-8-11-29(44(38,39)40)25(18-21)31-19-6-9-22-26(16-19)42-27-17-20(32(12-14-33)13-15-34)7-10-23(27)30(22)24-4-2-3-5-28(24)43(35,36)37/h2-11,16-18,33-34H,12-15H2,1H3,(H2,35,36,37,38,39,40)/p+1. The lowest BCUT2D eigenvalue weighted by molar-refractivity contribution is 0.250. The lowest BCUT2D eigenvalue weighted by Crippen LogP contribution is -2.34. The number of methoxy groups -OCH3 is 1. The SMILES string of the molecule is COc1ccc(S(=O)(=O)O)c(Nc2ccc3c(-c4ccccc4S(=O)(=O)O)c4ccc(=[N+](CCO)CCO)cc-4oc3c2)c1. The Bertz CT molecular complexity index is 2120. The molecule has 0 radical (unpaired) electrons. The summed E-state index contributed by atoms with van der Waals surface area (Å²) in [5, 5.41) is 23.2. The van der Waals surface area contributed by atoms with Gasteiger partial charge in [-0.2, -0.15) is 16.8 Å². The highest BCUT2D eigenvalue weighted by molar-refractivity contribution is 7.86. The van der Waals surface area contributed by atoms with Crippen LogP contribution in [-0.2, 0) is 20.2 Å². The van der Waals surface area contributed by atoms with E-state index in [9.17, 15) is 36.2 Å². The third-order valence-electron chi connectivity index (χ3n) is 6.99. The number of nitrogens with one attached hydrogen (secondary N) is 1. The van der Waals surface area contributed by atoms with Gasteiger partial charge in [-0.3, -0.25) is 9.11 Å². The summed E-state index contributed by atoms with van der Waals surface area (Å²) < 4.78 is 82.0. The first kappa shape index (κ1) is 31.1. The average Bonchev–Trinajstić information content (AvgIpc) is 2.98. The van der Waals surface area contributed by atoms with E-state index in [-0.39, 0.29) is 52.9 Å². The smallest absolute Gasteiger partial charge is 0.296 e. The zero-order chi connectivity index (χ0) is 31.6. The zero-order valence-corrected chi connectivity index (χ0v) is 25.0. The van der Waals surface area contributed by atoms with Gasteiger partial charge in [0.15, 0.2) is 13.1 Å². The maximum Gasteiger partial charge on any atom is 0.296 e. The minimum atomic E-state index is -4.63. The first-order valence-corrected chi connectivity index (χ1v) is 16.1. The number of hydrogen-bond acceptors (Lipinski definition) is 9. The number of aliphatic hydroxyl groups excluding tert-OH is 2. The van der Waals surface area contributed by atoms with E-state index < -0.39 is 20.2 Å². The van der Waals surface area contributed by atoms with E-state index in [4.69, 9.17) is 9.15 Å². The second-order valence-corrected chi connectivity index (χ2v) is 12.5. The van der Waals surface area contributed by atoms with Gasteiger partial charge in [0.2, 0.25) is 5.36 Å². The highest BCUT2D eigenvalue weighted by Gasteiger charge is 2.24. The molecule has 0 saturated heterocycles. The van der Waals surface area contributed by atoms with Gasteiger partial charge in [-0.25, -0.2) is 4.58 Å². The van der Waals surface area contributed by atoms with Crippen molar-refractivity contribution in [1.82, 2.24) is 4.58 Å². The number of benzene rings is 4. The molecule has 5 rings (SSSR count). The molecule has 3 aromatic carbocycles. The lowest BCUT2D eigenvalue weighted by Gasteiger charge is -2.18. The fourth-order valence-corrected chi connectivity index (χ4v) is 6.39. The molecule has 2 aliphatic rings. The topological polar surface area (TPSA) is 187 Å². The number of anilines is 2. The number of ether oxygens (including phenoxy) is 1. The number of fused-ring (bicyclic) bond motifs is 2. The van der Waals surface area contributed by atoms with Gasteiger partial charge in [-0.05, 0) is 36.4 Å². The number of aliphatic hydroxyl groups is 2. The van der Waals surface area contributed by atoms with Crippen LogP contribution < -0.4 is 20.0 Å². The molecule has 0 saturated carbocycles. The van der Waals surface area contributed by atoms with Crippen LogP contribution in [-0.4, -0.2) is 69.6 Å². The first-order valence-electron chi connectivity index (χ1n) is 13.2. The Labute approximate surface area is 253 Å². The van der Waals surface area contributed by atoms with Gasteiger partial charge < -0.3 is 24.7 Å². The summed E-state index contributed by atoms with van der Waals surface area (Å²) >= 11 is 0. The Balaban J connectivity index is 1.81. The lowest BCUT2D eigenvalue weighted by atomic mass is 9.93. The molecule has 0 amide bonds. The number of hydrogen-bond donors (Lipinski definition) is 5. The highest BCUT2D eigenvalue weighted by Crippen LogP contribution is 2.43. The summed E-state index contributed by atoms with van der Waals surface area (Å²) in [5.41, 5.74) is 1.86. The minimum absolute atomic E-state index is 0.0369. The van der Waals surface area contributed by atoms with Crippen molar-refractivity contribution in [2.45, 2.75) is 9.79 Å². The van der Waals surface area contributed by atoms with Crippen LogP contribution >= 0.6 is 0 Å². The summed E-state index contributed by atoms with van der Waals surface area (Å²) in [7, 11) is -7.81. The van der Waals surface area contributed by atoms with E-state index in [0.717, 1.165) is 0 Å². The number of nitrogens with zero attached hydrogens (tertiary/aromatic N) is 1. The second kappa shape index (κ2) is 12.4. The van der Waals surface area contributed by atoms with Gasteiger partial charge in [0.1, 0.15) is 40.1 Å². The first-order chi connectivity index (χ1) is 20.9. The van der Waals surface area contributed by atoms with Gasteiger partial charge in [0.25, 0.3) is 20.2 Å². The van der Waals surface area contributed by atoms with E-state index in [0.29, 0.717) is 39.1 Å². The molecule has 0 spiro atoms. The Hall–Kier alpha value is -4.31. The van der Waals surface area contributed by atoms with Crippen LogP contribution in [0.25, 0.3) is 33.4 Å². The zero-order valence-electron chi connectivity index (χ0n) is 23.3. The maximum absolute atomic E-state index is 12.4. The largest absolute Gasteiger partial charge is 0.497 e. The molecule has 0 bridgehead atoms. The molecule has 0 fully saturated rings. The summed E-state index contributed by atoms with van der Waals surface area (Å²) in [6.07, 6.45) is 0. The van der Waals surface area contributed by atoms with E-state index in [1.165, 1.54) is 37.4 Å². The third-order valence-corrected chi connectivity index (χ3v) is 8.81. The van der Waals surface area contributed by atoms with Crippen LogP contribution in [0.5, 0.6) is 5.75 Å². The Morgan fingerprint density at radius 3 is 2.16 bits per heavy atom. The van der Waals surface area contributed by atoms with Crippen LogP contribution in [0.3, 0.4) is 0 Å². The molecule has 230 valence electrons. The quantitative estimate of drug-likeness (QED) is 0.0856. The van der Waals surface area contributed by atoms with E-state index in [1.807, 2.05) is 0 Å². The Kier molecular flexibility index (Phi) is 8.74. The van der Waals surface area contributed by atoms with Crippen LogP contribution in [0.1, 0.15) is 0 Å². The van der Waals surface area contributed by atoms with Crippen LogP contribution in [0, 0.1) is 0 Å². The maximum atomic E-state index is 12.4. The Morgan fingerprint density at radius 2 is 1.50 bits per heavy atom. The van der Waals surface area contributed by atoms with Crippen molar-refractivity contribution < 1.29 is 45.3 Å². The Morgan fingerprint density at radius 1 is 0.795 bits per heavy atom. The molecule has 14 heteroatoms. The van der Waals surface area contributed by atoms with Gasteiger partial charge in [0.05, 0.1) is 18.9 Å². The van der Waals surface area contributed by atoms with Crippen molar-refractivity contribution >= 4 is 42.6 Å². The predicted molar refractivity (Wildman–Crippen MR) is 163 cm³/mol. The van der Waals surface area contributed by atoms with Crippen LogP contribution in [0.15, 0.2) is 93.1 Å². The minimum Gasteiger partial charge on any atom is -0.497 e. The fraction of sp³-hybridized carbons (Fsp3) is 0.167. The molecule has 3 aromatic rings. The van der Waals surface area contributed by atoms with Crippen molar-refractivity contribution in [3.63, 3.8) is 0 Å². The molecule has 44 heavy (non-hydrogen) atoms. The van der Waals surface area contributed by atoms with Gasteiger partial charge >= 0.3 is 0 Å². The highest BCUT2D eigenvalue weighted by atomic mass is 32.2. The third kappa shape index (κ3) is 6.31. The monoisotopic (exact) mass is 641 g/mol. The molecule has 5 N–H and O–H groups in total. The molecular weight excluding hydrogens is 612 g/mol. The molecule has 1 aliphatic carbocycles. The van der Waals surface area contributed by atoms with E-state index in [2.05, 4.69) is 5.32 Å². The second-order valence-electron chi connectivity index (χ2n) is 9.74. The number of rotatable bonds is 10. The summed E-state index contributed by atoms with van der Waals surface area (Å²) in [5.74, 6) is 0.663. The summed E-state index contributed by atoms with van der Waals surface area (Å²) in [6.45, 7) is 0.154.